The van der Waals surface area contributed by atoms with Gasteiger partial charge in [-0.3, -0.25) is 4.79 Å². The highest BCUT2D eigenvalue weighted by atomic mass is 16.7. The number of amides is 1. The van der Waals surface area contributed by atoms with Gasteiger partial charge in [0.2, 0.25) is 5.91 Å². The molecule has 0 radical (unpaired) electrons. The first-order valence-electron chi connectivity index (χ1n) is 14.1. The van der Waals surface area contributed by atoms with Crippen LogP contribution in [0.25, 0.3) is 0 Å². The Morgan fingerprint density at radius 2 is 1.52 bits per heavy atom. The first-order chi connectivity index (χ1) is 19.5. The van der Waals surface area contributed by atoms with Crippen LogP contribution in [0.2, 0.25) is 0 Å². The molecular formula is C33H39NO6. The van der Waals surface area contributed by atoms with Gasteiger partial charge in [0.1, 0.15) is 18.3 Å². The van der Waals surface area contributed by atoms with E-state index in [1.165, 1.54) is 5.56 Å². The maximum Gasteiger partial charge on any atom is 0.249 e. The third-order valence-corrected chi connectivity index (χ3v) is 7.47. The first kappa shape index (κ1) is 28.5. The van der Waals surface area contributed by atoms with Crippen LogP contribution in [-0.4, -0.2) is 49.3 Å². The lowest BCUT2D eigenvalue weighted by Gasteiger charge is -2.49. The van der Waals surface area contributed by atoms with Crippen LogP contribution in [-0.2, 0) is 41.5 Å². The Labute approximate surface area is 236 Å². The average Bonchev–Trinajstić information content (AvgIpc) is 2.98. The van der Waals surface area contributed by atoms with Crippen LogP contribution in [0.1, 0.15) is 43.8 Å². The zero-order valence-electron chi connectivity index (χ0n) is 23.3. The van der Waals surface area contributed by atoms with Crippen molar-refractivity contribution in [3.05, 3.63) is 108 Å². The van der Waals surface area contributed by atoms with Crippen molar-refractivity contribution in [3.8, 4) is 0 Å². The van der Waals surface area contributed by atoms with Crippen molar-refractivity contribution in [3.63, 3.8) is 0 Å². The van der Waals surface area contributed by atoms with Crippen molar-refractivity contribution in [1.82, 2.24) is 5.32 Å². The van der Waals surface area contributed by atoms with Crippen LogP contribution in [0.5, 0.6) is 0 Å². The molecule has 3 aromatic rings. The summed E-state index contributed by atoms with van der Waals surface area (Å²) in [5.41, 5.74) is 3.15. The lowest BCUT2D eigenvalue weighted by Crippen LogP contribution is -2.61. The Morgan fingerprint density at radius 1 is 0.900 bits per heavy atom. The van der Waals surface area contributed by atoms with E-state index in [-0.39, 0.29) is 17.9 Å². The van der Waals surface area contributed by atoms with Gasteiger partial charge in [0.25, 0.3) is 0 Å². The van der Waals surface area contributed by atoms with Crippen LogP contribution in [0.4, 0.5) is 0 Å². The molecule has 40 heavy (non-hydrogen) atoms. The Balaban J connectivity index is 1.28. The summed E-state index contributed by atoms with van der Waals surface area (Å²) in [7, 11) is 0. The van der Waals surface area contributed by atoms with Crippen LogP contribution in [0.15, 0.2) is 91.0 Å². The highest BCUT2D eigenvalue weighted by Gasteiger charge is 2.50. The Hall–Kier alpha value is -3.07. The summed E-state index contributed by atoms with van der Waals surface area (Å²) in [5, 5.41) is 3.11. The zero-order valence-corrected chi connectivity index (χ0v) is 23.3. The molecule has 1 amide bonds. The summed E-state index contributed by atoms with van der Waals surface area (Å²) >= 11 is 0. The third-order valence-electron chi connectivity index (χ3n) is 7.47. The van der Waals surface area contributed by atoms with E-state index >= 15 is 0 Å². The highest BCUT2D eigenvalue weighted by molar-refractivity contribution is 5.80. The molecule has 2 aliphatic heterocycles. The molecule has 2 saturated heterocycles. The van der Waals surface area contributed by atoms with E-state index in [9.17, 15) is 4.79 Å². The molecule has 8 atom stereocenters. The number of nitrogens with one attached hydrogen (secondary N) is 1. The summed E-state index contributed by atoms with van der Waals surface area (Å²) < 4.78 is 31.6. The molecule has 3 aromatic carbocycles. The maximum atomic E-state index is 13.2. The SMILES string of the molecule is CC1[C@H](OCc2ccccc2)OC2COC(c3ccccc3)O[C@H]2[C@@H]1O[C@H](C)C(=O)N[C@@H](C)Cc1ccccc1. The molecule has 3 unspecified atom stereocenters. The van der Waals surface area contributed by atoms with E-state index in [1.807, 2.05) is 92.7 Å². The highest BCUT2D eigenvalue weighted by Crippen LogP contribution is 2.38. The van der Waals surface area contributed by atoms with Gasteiger partial charge in [-0.2, -0.15) is 0 Å². The van der Waals surface area contributed by atoms with E-state index < -0.39 is 37.0 Å². The van der Waals surface area contributed by atoms with Gasteiger partial charge in [-0.25, -0.2) is 0 Å². The van der Waals surface area contributed by atoms with Crippen LogP contribution in [0.3, 0.4) is 0 Å². The number of hydrogen-bond acceptors (Lipinski definition) is 6. The molecule has 2 aliphatic rings. The lowest BCUT2D eigenvalue weighted by molar-refractivity contribution is -0.359. The van der Waals surface area contributed by atoms with E-state index in [4.69, 9.17) is 23.7 Å². The second kappa shape index (κ2) is 13.5. The van der Waals surface area contributed by atoms with Gasteiger partial charge in [0, 0.05) is 17.5 Å². The van der Waals surface area contributed by atoms with Crippen LogP contribution < -0.4 is 5.32 Å². The summed E-state index contributed by atoms with van der Waals surface area (Å²) in [6, 6.07) is 29.9. The number of benzene rings is 3. The van der Waals surface area contributed by atoms with Crippen LogP contribution >= 0.6 is 0 Å². The molecule has 0 aromatic heterocycles. The topological polar surface area (TPSA) is 75.2 Å². The quantitative estimate of drug-likeness (QED) is 0.378. The number of carbonyl (C=O) groups excluding carboxylic acids is 1. The summed E-state index contributed by atoms with van der Waals surface area (Å²) in [6.45, 7) is 6.55. The zero-order chi connectivity index (χ0) is 27.9. The van der Waals surface area contributed by atoms with Gasteiger partial charge in [-0.05, 0) is 31.4 Å². The predicted octanol–water partition coefficient (Wildman–Crippen LogP) is 5.20. The number of hydrogen-bond donors (Lipinski definition) is 1. The maximum absolute atomic E-state index is 13.2. The minimum atomic E-state index is -0.694. The fourth-order valence-corrected chi connectivity index (χ4v) is 5.31. The Bertz CT molecular complexity index is 1190. The lowest BCUT2D eigenvalue weighted by atomic mass is 9.91. The van der Waals surface area contributed by atoms with Gasteiger partial charge >= 0.3 is 0 Å². The minimum absolute atomic E-state index is 0.0374. The van der Waals surface area contributed by atoms with Crippen molar-refractivity contribution < 1.29 is 28.5 Å². The number of rotatable bonds is 10. The second-order valence-electron chi connectivity index (χ2n) is 10.7. The van der Waals surface area contributed by atoms with Gasteiger partial charge in [0.05, 0.1) is 19.3 Å². The molecular weight excluding hydrogens is 506 g/mol. The molecule has 2 heterocycles. The number of ether oxygens (including phenoxy) is 5. The van der Waals surface area contributed by atoms with Crippen molar-refractivity contribution in [2.45, 2.75) is 76.8 Å². The largest absolute Gasteiger partial charge is 0.362 e. The minimum Gasteiger partial charge on any atom is -0.362 e. The molecule has 0 saturated carbocycles. The molecule has 2 fully saturated rings. The Kier molecular flexibility index (Phi) is 9.62. The molecule has 0 spiro atoms. The van der Waals surface area contributed by atoms with Crippen molar-refractivity contribution >= 4 is 5.91 Å². The summed E-state index contributed by atoms with van der Waals surface area (Å²) in [5.74, 6) is -0.358. The van der Waals surface area contributed by atoms with Gasteiger partial charge in [0.15, 0.2) is 12.6 Å². The first-order valence-corrected chi connectivity index (χ1v) is 14.1. The van der Waals surface area contributed by atoms with E-state index in [1.54, 1.807) is 6.92 Å². The Morgan fingerprint density at radius 3 is 2.20 bits per heavy atom. The van der Waals surface area contributed by atoms with Crippen molar-refractivity contribution in [1.29, 1.82) is 0 Å². The fourth-order valence-electron chi connectivity index (χ4n) is 5.31. The number of carbonyl (C=O) groups is 1. The second-order valence-corrected chi connectivity index (χ2v) is 10.7. The monoisotopic (exact) mass is 545 g/mol. The molecule has 0 bridgehead atoms. The van der Waals surface area contributed by atoms with Crippen molar-refractivity contribution in [2.75, 3.05) is 6.61 Å². The standard InChI is InChI=1S/C33H39NO6/c1-22(19-25-13-7-4-8-14-25)34-31(35)24(3)38-29-23(2)32(36-20-26-15-9-5-10-16-26)39-28-21-37-33(40-30(28)29)27-17-11-6-12-18-27/h4-18,22-24,28-30,32-33H,19-21H2,1-3H3,(H,34,35)/t22-,23?,24+,28?,29+,30+,32+,33?/m0/s1. The normalized spacial score (nSPS) is 27.8. The van der Waals surface area contributed by atoms with Gasteiger partial charge < -0.3 is 29.0 Å². The average molecular weight is 546 g/mol. The van der Waals surface area contributed by atoms with Gasteiger partial charge in [-0.15, -0.1) is 0 Å². The van der Waals surface area contributed by atoms with E-state index in [0.717, 1.165) is 17.5 Å². The van der Waals surface area contributed by atoms with Crippen molar-refractivity contribution in [2.24, 2.45) is 5.92 Å². The number of fused-ring (bicyclic) bond motifs is 1. The fraction of sp³-hybridized carbons (Fsp3) is 0.424. The molecule has 212 valence electrons. The molecule has 7 nitrogen and oxygen atoms in total. The molecule has 0 aliphatic carbocycles. The third kappa shape index (κ3) is 7.16. The summed E-state index contributed by atoms with van der Waals surface area (Å²) in [6.07, 6.45) is -2.30. The van der Waals surface area contributed by atoms with Crippen LogP contribution in [0, 0.1) is 5.92 Å². The molecule has 1 N–H and O–H groups in total. The van der Waals surface area contributed by atoms with Gasteiger partial charge in [-0.1, -0.05) is 97.9 Å². The predicted molar refractivity (Wildman–Crippen MR) is 151 cm³/mol. The summed E-state index contributed by atoms with van der Waals surface area (Å²) in [4.78, 5) is 13.2. The smallest absolute Gasteiger partial charge is 0.249 e. The van der Waals surface area contributed by atoms with E-state index in [0.29, 0.717) is 13.2 Å². The molecule has 7 heteroatoms. The molecule has 5 rings (SSSR count). The van der Waals surface area contributed by atoms with E-state index in [2.05, 4.69) is 17.4 Å².